The van der Waals surface area contributed by atoms with Crippen molar-refractivity contribution in [2.75, 3.05) is 5.32 Å². The number of fused-ring (bicyclic) bond motifs is 1. The number of carbonyl (C=O) groups excluding carboxylic acids is 2. The van der Waals surface area contributed by atoms with Gasteiger partial charge in [-0.3, -0.25) is 4.79 Å². The van der Waals surface area contributed by atoms with E-state index in [0.717, 1.165) is 6.07 Å². The van der Waals surface area contributed by atoms with Gasteiger partial charge in [0.25, 0.3) is 5.91 Å². The Morgan fingerprint density at radius 1 is 1.14 bits per heavy atom. The summed E-state index contributed by atoms with van der Waals surface area (Å²) in [7, 11) is 0. The number of hydrogen-bond donors (Lipinski definition) is 1. The van der Waals surface area contributed by atoms with Gasteiger partial charge >= 0.3 is 12.1 Å². The Bertz CT molecular complexity index is 1010. The van der Waals surface area contributed by atoms with E-state index in [9.17, 15) is 22.8 Å². The molecule has 0 radical (unpaired) electrons. The second kappa shape index (κ2) is 7.55. The lowest BCUT2D eigenvalue weighted by Gasteiger charge is -2.16. The number of alkyl halides is 3. The van der Waals surface area contributed by atoms with E-state index in [0.29, 0.717) is 17.0 Å². The first kappa shape index (κ1) is 19.8. The number of furan rings is 1. The molecule has 3 aromatic rings. The molecule has 0 bridgehead atoms. The topological polar surface area (TPSA) is 68.5 Å². The summed E-state index contributed by atoms with van der Waals surface area (Å²) in [6, 6.07) is 11.2. The maximum atomic E-state index is 13.1. The van der Waals surface area contributed by atoms with Gasteiger partial charge in [0.2, 0.25) is 5.76 Å². The second-order valence-corrected chi connectivity index (χ2v) is 6.31. The molecule has 146 valence electrons. The van der Waals surface area contributed by atoms with Gasteiger partial charge < -0.3 is 14.5 Å². The van der Waals surface area contributed by atoms with Gasteiger partial charge in [0, 0.05) is 10.4 Å². The van der Waals surface area contributed by atoms with Gasteiger partial charge in [-0.15, -0.1) is 0 Å². The molecule has 0 aliphatic rings. The minimum atomic E-state index is -4.72. The summed E-state index contributed by atoms with van der Waals surface area (Å²) < 4.78 is 49.6. The van der Waals surface area contributed by atoms with E-state index in [1.54, 1.807) is 24.3 Å². The van der Waals surface area contributed by atoms with E-state index >= 15 is 0 Å². The number of rotatable bonds is 4. The zero-order valence-electron chi connectivity index (χ0n) is 14.3. The quantitative estimate of drug-likeness (QED) is 0.592. The lowest BCUT2D eigenvalue weighted by molar-refractivity contribution is -0.137. The zero-order valence-corrected chi connectivity index (χ0v) is 15.1. The van der Waals surface area contributed by atoms with Crippen molar-refractivity contribution in [3.8, 4) is 0 Å². The molecule has 1 aromatic heterocycles. The minimum absolute atomic E-state index is 0.122. The van der Waals surface area contributed by atoms with Crippen LogP contribution in [0.25, 0.3) is 11.0 Å². The van der Waals surface area contributed by atoms with Crippen LogP contribution in [-0.4, -0.2) is 18.0 Å². The summed E-state index contributed by atoms with van der Waals surface area (Å²) in [5.74, 6) is -1.97. The average Bonchev–Trinajstić information content (AvgIpc) is 3.06. The third-order valence-corrected chi connectivity index (χ3v) is 4.06. The van der Waals surface area contributed by atoms with Crippen LogP contribution in [0.4, 0.5) is 18.9 Å². The number of anilines is 1. The van der Waals surface area contributed by atoms with Crippen molar-refractivity contribution in [1.82, 2.24) is 0 Å². The number of amides is 1. The van der Waals surface area contributed by atoms with E-state index in [1.807, 2.05) is 0 Å². The SMILES string of the molecule is C[C@H](OC(=O)c1cc2ccccc2o1)C(=O)Nc1ccc(Cl)cc1C(F)(F)F. The number of esters is 1. The molecule has 0 saturated heterocycles. The Hall–Kier alpha value is -3.00. The van der Waals surface area contributed by atoms with Crippen molar-refractivity contribution in [1.29, 1.82) is 0 Å². The Labute approximate surface area is 162 Å². The molecule has 9 heteroatoms. The van der Waals surface area contributed by atoms with Gasteiger partial charge in [0.1, 0.15) is 5.58 Å². The maximum Gasteiger partial charge on any atom is 0.418 e. The fourth-order valence-corrected chi connectivity index (χ4v) is 2.62. The Balaban J connectivity index is 1.72. The summed E-state index contributed by atoms with van der Waals surface area (Å²) in [6.07, 6.45) is -6.08. The van der Waals surface area contributed by atoms with Crippen LogP contribution in [0, 0.1) is 0 Å². The third kappa shape index (κ3) is 4.28. The molecule has 1 amide bonds. The van der Waals surface area contributed by atoms with Crippen LogP contribution in [0.3, 0.4) is 0 Å². The molecule has 0 fully saturated rings. The van der Waals surface area contributed by atoms with E-state index < -0.39 is 35.4 Å². The smallest absolute Gasteiger partial charge is 0.418 e. The van der Waals surface area contributed by atoms with Crippen LogP contribution in [-0.2, 0) is 15.7 Å². The molecule has 0 saturated carbocycles. The first-order chi connectivity index (χ1) is 13.1. The summed E-state index contributed by atoms with van der Waals surface area (Å²) in [5, 5.41) is 2.64. The Morgan fingerprint density at radius 3 is 2.54 bits per heavy atom. The number of para-hydroxylation sites is 1. The second-order valence-electron chi connectivity index (χ2n) is 5.87. The number of nitrogens with one attached hydrogen (secondary N) is 1. The van der Waals surface area contributed by atoms with Crippen molar-refractivity contribution in [2.45, 2.75) is 19.2 Å². The van der Waals surface area contributed by atoms with Crippen LogP contribution in [0.2, 0.25) is 5.02 Å². The number of halogens is 4. The molecule has 1 heterocycles. The summed E-state index contributed by atoms with van der Waals surface area (Å²) in [6.45, 7) is 1.24. The molecule has 0 unspecified atom stereocenters. The molecule has 5 nitrogen and oxygen atoms in total. The molecule has 0 spiro atoms. The zero-order chi connectivity index (χ0) is 20.5. The van der Waals surface area contributed by atoms with Crippen LogP contribution in [0.1, 0.15) is 23.0 Å². The molecular weight excluding hydrogens is 399 g/mol. The third-order valence-electron chi connectivity index (χ3n) is 3.82. The number of carbonyl (C=O) groups is 2. The van der Waals surface area contributed by atoms with Crippen LogP contribution < -0.4 is 5.32 Å². The predicted octanol–water partition coefficient (Wildman–Crippen LogP) is 5.29. The number of hydrogen-bond acceptors (Lipinski definition) is 4. The highest BCUT2D eigenvalue weighted by molar-refractivity contribution is 6.30. The van der Waals surface area contributed by atoms with Gasteiger partial charge in [-0.1, -0.05) is 29.8 Å². The van der Waals surface area contributed by atoms with Gasteiger partial charge in [-0.05, 0) is 37.3 Å². The van der Waals surface area contributed by atoms with Crippen LogP contribution >= 0.6 is 11.6 Å². The average molecular weight is 412 g/mol. The van der Waals surface area contributed by atoms with Crippen molar-refractivity contribution >= 4 is 40.1 Å². The Kier molecular flexibility index (Phi) is 5.33. The summed E-state index contributed by atoms with van der Waals surface area (Å²) >= 11 is 5.60. The standard InChI is InChI=1S/C19H13ClF3NO4/c1-10(27-18(26)16-8-11-4-2-3-5-15(11)28-16)17(25)24-14-7-6-12(20)9-13(14)19(21,22)23/h2-10H,1H3,(H,24,25)/t10-/m0/s1. The number of benzene rings is 2. The molecule has 1 N–H and O–H groups in total. The van der Waals surface area contributed by atoms with Crippen molar-refractivity contribution < 1.29 is 31.9 Å². The van der Waals surface area contributed by atoms with Crippen molar-refractivity contribution in [2.24, 2.45) is 0 Å². The van der Waals surface area contributed by atoms with Crippen LogP contribution in [0.15, 0.2) is 52.9 Å². The van der Waals surface area contributed by atoms with Gasteiger partial charge in [-0.2, -0.15) is 13.2 Å². The number of ether oxygens (including phenoxy) is 1. The van der Waals surface area contributed by atoms with Gasteiger partial charge in [-0.25, -0.2) is 4.79 Å². The fourth-order valence-electron chi connectivity index (χ4n) is 2.45. The molecule has 1 atom stereocenters. The van der Waals surface area contributed by atoms with Gasteiger partial charge in [0.15, 0.2) is 6.10 Å². The van der Waals surface area contributed by atoms with Gasteiger partial charge in [0.05, 0.1) is 11.3 Å². The molecule has 2 aromatic carbocycles. The maximum absolute atomic E-state index is 13.1. The molecule has 0 aliphatic heterocycles. The van der Waals surface area contributed by atoms with Crippen LogP contribution in [0.5, 0.6) is 0 Å². The van der Waals surface area contributed by atoms with E-state index in [4.69, 9.17) is 20.8 Å². The highest BCUT2D eigenvalue weighted by Crippen LogP contribution is 2.36. The highest BCUT2D eigenvalue weighted by atomic mass is 35.5. The first-order valence-electron chi connectivity index (χ1n) is 8.02. The Morgan fingerprint density at radius 2 is 1.86 bits per heavy atom. The highest BCUT2D eigenvalue weighted by Gasteiger charge is 2.34. The molecular formula is C19H13ClF3NO4. The lowest BCUT2D eigenvalue weighted by atomic mass is 10.1. The molecule has 0 aliphatic carbocycles. The lowest BCUT2D eigenvalue weighted by Crippen LogP contribution is -2.30. The van der Waals surface area contributed by atoms with Crippen molar-refractivity contribution in [3.05, 3.63) is 64.9 Å². The summed E-state index contributed by atoms with van der Waals surface area (Å²) in [5.41, 5.74) is -1.14. The predicted molar refractivity (Wildman–Crippen MR) is 96.2 cm³/mol. The largest absolute Gasteiger partial charge is 0.449 e. The fraction of sp³-hybridized carbons (Fsp3) is 0.158. The molecule has 28 heavy (non-hydrogen) atoms. The minimum Gasteiger partial charge on any atom is -0.449 e. The monoisotopic (exact) mass is 411 g/mol. The van der Waals surface area contributed by atoms with E-state index in [-0.39, 0.29) is 10.8 Å². The normalized spacial score (nSPS) is 12.6. The van der Waals surface area contributed by atoms with E-state index in [2.05, 4.69) is 5.32 Å². The first-order valence-corrected chi connectivity index (χ1v) is 8.40. The molecule has 3 rings (SSSR count). The van der Waals surface area contributed by atoms with Crippen molar-refractivity contribution in [3.63, 3.8) is 0 Å². The van der Waals surface area contributed by atoms with E-state index in [1.165, 1.54) is 19.1 Å². The summed E-state index contributed by atoms with van der Waals surface area (Å²) in [4.78, 5) is 24.4.